The third-order valence-electron chi connectivity index (χ3n) is 7.63. The number of hydrogen-bond donors (Lipinski definition) is 2. The Hall–Kier alpha value is -4.77. The molecule has 42 heavy (non-hydrogen) atoms. The Morgan fingerprint density at radius 2 is 1.43 bits per heavy atom. The number of anilines is 3. The molecule has 0 atom stereocenters. The molecule has 11 heteroatoms. The summed E-state index contributed by atoms with van der Waals surface area (Å²) in [5.41, 5.74) is 4.08. The highest BCUT2D eigenvalue weighted by atomic mass is 16.7. The van der Waals surface area contributed by atoms with Crippen molar-refractivity contribution in [3.05, 3.63) is 77.4 Å². The quantitative estimate of drug-likeness (QED) is 0.479. The summed E-state index contributed by atoms with van der Waals surface area (Å²) in [5, 5.41) is 5.88. The zero-order valence-corrected chi connectivity index (χ0v) is 23.4. The standard InChI is InChI=1S/C31H33N5O6/c1-21-2-5-23(6-3-21)33-31(39)36-12-10-34(11-13-36)26-8-7-24(19-25(26)30(38)35-14-16-40-17-15-35)32-29(37)22-4-9-27-28(18-22)42-20-41-27/h2-9,18-19H,10-17,20H2,1H3,(H,32,37)(H,33,39). The van der Waals surface area contributed by atoms with E-state index < -0.39 is 0 Å². The van der Waals surface area contributed by atoms with Crippen LogP contribution in [0.2, 0.25) is 0 Å². The summed E-state index contributed by atoms with van der Waals surface area (Å²) in [7, 11) is 0. The third kappa shape index (κ3) is 5.96. The van der Waals surface area contributed by atoms with Crippen LogP contribution in [-0.4, -0.2) is 86.9 Å². The molecule has 218 valence electrons. The van der Waals surface area contributed by atoms with Gasteiger partial charge in [0.25, 0.3) is 11.8 Å². The summed E-state index contributed by atoms with van der Waals surface area (Å²) in [4.78, 5) is 45.3. The summed E-state index contributed by atoms with van der Waals surface area (Å²) >= 11 is 0. The monoisotopic (exact) mass is 571 g/mol. The predicted molar refractivity (Wildman–Crippen MR) is 158 cm³/mol. The van der Waals surface area contributed by atoms with Gasteiger partial charge in [0, 0.05) is 61.9 Å². The van der Waals surface area contributed by atoms with Crippen LogP contribution in [0.15, 0.2) is 60.7 Å². The number of piperazine rings is 1. The Balaban J connectivity index is 1.18. The Morgan fingerprint density at radius 3 is 2.19 bits per heavy atom. The molecular weight excluding hydrogens is 538 g/mol. The smallest absolute Gasteiger partial charge is 0.321 e. The number of rotatable bonds is 5. The summed E-state index contributed by atoms with van der Waals surface area (Å²) in [6, 6.07) is 18.0. The Bertz CT molecular complexity index is 1480. The second-order valence-electron chi connectivity index (χ2n) is 10.4. The number of nitrogens with one attached hydrogen (secondary N) is 2. The van der Waals surface area contributed by atoms with E-state index in [0.29, 0.717) is 80.8 Å². The van der Waals surface area contributed by atoms with E-state index in [2.05, 4.69) is 15.5 Å². The molecule has 0 aliphatic carbocycles. The second kappa shape index (κ2) is 12.0. The number of hydrogen-bond acceptors (Lipinski definition) is 7. The fourth-order valence-corrected chi connectivity index (χ4v) is 5.23. The highest BCUT2D eigenvalue weighted by Gasteiger charge is 2.28. The lowest BCUT2D eigenvalue weighted by Crippen LogP contribution is -2.50. The van der Waals surface area contributed by atoms with Crippen LogP contribution in [0, 0.1) is 6.92 Å². The summed E-state index contributed by atoms with van der Waals surface area (Å²) in [6.07, 6.45) is 0. The van der Waals surface area contributed by atoms with Crippen molar-refractivity contribution >= 4 is 34.9 Å². The second-order valence-corrected chi connectivity index (χ2v) is 10.4. The van der Waals surface area contributed by atoms with Crippen LogP contribution in [0.4, 0.5) is 21.9 Å². The number of carbonyl (C=O) groups is 3. The third-order valence-corrected chi connectivity index (χ3v) is 7.63. The Morgan fingerprint density at radius 1 is 0.714 bits per heavy atom. The fraction of sp³-hybridized carbons (Fsp3) is 0.323. The van der Waals surface area contributed by atoms with Crippen molar-refractivity contribution in [2.45, 2.75) is 6.92 Å². The van der Waals surface area contributed by atoms with Crippen molar-refractivity contribution in [2.75, 3.05) is 74.8 Å². The molecule has 2 saturated heterocycles. The Kier molecular flexibility index (Phi) is 7.83. The van der Waals surface area contributed by atoms with Gasteiger partial charge in [-0.15, -0.1) is 0 Å². The van der Waals surface area contributed by atoms with Gasteiger partial charge < -0.3 is 39.5 Å². The average molecular weight is 572 g/mol. The van der Waals surface area contributed by atoms with Gasteiger partial charge in [0.1, 0.15) is 0 Å². The van der Waals surface area contributed by atoms with Gasteiger partial charge in [-0.25, -0.2) is 4.79 Å². The van der Waals surface area contributed by atoms with Crippen molar-refractivity contribution in [3.8, 4) is 11.5 Å². The number of morpholine rings is 1. The molecule has 2 N–H and O–H groups in total. The molecule has 4 amide bonds. The number of fused-ring (bicyclic) bond motifs is 1. The molecule has 3 aromatic rings. The van der Waals surface area contributed by atoms with Gasteiger partial charge in [0.05, 0.1) is 18.8 Å². The van der Waals surface area contributed by atoms with E-state index in [9.17, 15) is 14.4 Å². The first-order valence-corrected chi connectivity index (χ1v) is 14.0. The van der Waals surface area contributed by atoms with E-state index in [1.165, 1.54) is 0 Å². The maximum Gasteiger partial charge on any atom is 0.321 e. The molecule has 0 saturated carbocycles. The topological polar surface area (TPSA) is 113 Å². The van der Waals surface area contributed by atoms with Crippen LogP contribution in [0.5, 0.6) is 11.5 Å². The molecule has 11 nitrogen and oxygen atoms in total. The van der Waals surface area contributed by atoms with E-state index in [1.54, 1.807) is 40.1 Å². The molecule has 3 aliphatic rings. The van der Waals surface area contributed by atoms with Crippen molar-refractivity contribution in [3.63, 3.8) is 0 Å². The number of amides is 4. The molecule has 6 rings (SSSR count). The maximum absolute atomic E-state index is 13.7. The highest BCUT2D eigenvalue weighted by molar-refractivity contribution is 6.06. The lowest BCUT2D eigenvalue weighted by molar-refractivity contribution is 0.0303. The maximum atomic E-state index is 13.7. The van der Waals surface area contributed by atoms with Crippen LogP contribution in [0.3, 0.4) is 0 Å². The SMILES string of the molecule is Cc1ccc(NC(=O)N2CCN(c3ccc(NC(=O)c4ccc5c(c4)OCO5)cc3C(=O)N3CCOCC3)CC2)cc1. The normalized spacial score (nSPS) is 16.3. The zero-order valence-electron chi connectivity index (χ0n) is 23.4. The molecule has 2 fully saturated rings. The molecule has 0 aromatic heterocycles. The first kappa shape index (κ1) is 27.4. The summed E-state index contributed by atoms with van der Waals surface area (Å²) in [6.45, 7) is 6.23. The minimum Gasteiger partial charge on any atom is -0.454 e. The molecule has 3 aliphatic heterocycles. The number of urea groups is 1. The molecule has 0 spiro atoms. The Labute approximate surface area is 243 Å². The van der Waals surface area contributed by atoms with Gasteiger partial charge in [-0.1, -0.05) is 17.7 Å². The summed E-state index contributed by atoms with van der Waals surface area (Å²) in [5.74, 6) is 0.681. The number of benzene rings is 3. The number of carbonyl (C=O) groups excluding carboxylic acids is 3. The van der Waals surface area contributed by atoms with Crippen LogP contribution in [0.1, 0.15) is 26.3 Å². The summed E-state index contributed by atoms with van der Waals surface area (Å²) < 4.78 is 16.2. The number of nitrogens with zero attached hydrogens (tertiary/aromatic N) is 3. The molecule has 0 bridgehead atoms. The molecule has 3 aromatic carbocycles. The zero-order chi connectivity index (χ0) is 29.1. The minimum absolute atomic E-state index is 0.118. The first-order valence-electron chi connectivity index (χ1n) is 14.0. The van der Waals surface area contributed by atoms with Gasteiger partial charge in [-0.05, 0) is 55.5 Å². The van der Waals surface area contributed by atoms with Crippen LogP contribution in [0.25, 0.3) is 0 Å². The van der Waals surface area contributed by atoms with E-state index in [-0.39, 0.29) is 24.6 Å². The first-order chi connectivity index (χ1) is 20.4. The minimum atomic E-state index is -0.320. The van der Waals surface area contributed by atoms with E-state index in [1.807, 2.05) is 37.3 Å². The largest absolute Gasteiger partial charge is 0.454 e. The molecular formula is C31H33N5O6. The highest BCUT2D eigenvalue weighted by Crippen LogP contribution is 2.33. The molecule has 0 unspecified atom stereocenters. The average Bonchev–Trinajstić information content (AvgIpc) is 3.50. The van der Waals surface area contributed by atoms with Gasteiger partial charge >= 0.3 is 6.03 Å². The van der Waals surface area contributed by atoms with Gasteiger partial charge in [0.2, 0.25) is 6.79 Å². The van der Waals surface area contributed by atoms with Crippen LogP contribution < -0.4 is 25.0 Å². The number of aryl methyl sites for hydroxylation is 1. The van der Waals surface area contributed by atoms with Crippen LogP contribution >= 0.6 is 0 Å². The van der Waals surface area contributed by atoms with E-state index in [0.717, 1.165) is 16.9 Å². The van der Waals surface area contributed by atoms with Gasteiger partial charge in [-0.2, -0.15) is 0 Å². The lowest BCUT2D eigenvalue weighted by Gasteiger charge is -2.37. The van der Waals surface area contributed by atoms with Crippen molar-refractivity contribution in [2.24, 2.45) is 0 Å². The van der Waals surface area contributed by atoms with Crippen molar-refractivity contribution in [1.29, 1.82) is 0 Å². The molecule has 3 heterocycles. The van der Waals surface area contributed by atoms with Gasteiger partial charge in [-0.3, -0.25) is 9.59 Å². The lowest BCUT2D eigenvalue weighted by atomic mass is 10.1. The van der Waals surface area contributed by atoms with E-state index in [4.69, 9.17) is 14.2 Å². The van der Waals surface area contributed by atoms with E-state index >= 15 is 0 Å². The van der Waals surface area contributed by atoms with Crippen LogP contribution in [-0.2, 0) is 4.74 Å². The predicted octanol–water partition coefficient (Wildman–Crippen LogP) is 3.80. The van der Waals surface area contributed by atoms with Gasteiger partial charge in [0.15, 0.2) is 11.5 Å². The fourth-order valence-electron chi connectivity index (χ4n) is 5.23. The number of ether oxygens (including phenoxy) is 3. The van der Waals surface area contributed by atoms with Crippen molar-refractivity contribution < 1.29 is 28.6 Å². The van der Waals surface area contributed by atoms with Crippen molar-refractivity contribution in [1.82, 2.24) is 9.80 Å². The molecule has 0 radical (unpaired) electrons.